The quantitative estimate of drug-likeness (QED) is 0.627. The molecule has 0 saturated carbocycles. The molecule has 0 atom stereocenters. The highest BCUT2D eigenvalue weighted by Crippen LogP contribution is 2.25. The predicted molar refractivity (Wildman–Crippen MR) is 63.6 cm³/mol. The summed E-state index contributed by atoms with van der Waals surface area (Å²) in [7, 11) is 0. The maximum absolute atomic E-state index is 11.4. The highest BCUT2D eigenvalue weighted by Gasteiger charge is 2.10. The van der Waals surface area contributed by atoms with Crippen LogP contribution in [0.4, 0.5) is 5.82 Å². The predicted octanol–water partition coefficient (Wildman–Crippen LogP) is 1.85. The summed E-state index contributed by atoms with van der Waals surface area (Å²) >= 11 is 11.5. The number of anilines is 1. The van der Waals surface area contributed by atoms with Gasteiger partial charge in [0.1, 0.15) is 11.3 Å². The fraction of sp³-hybridized carbons (Fsp3) is 0.444. The Balaban J connectivity index is 2.53. The Bertz CT molecular complexity index is 373. The summed E-state index contributed by atoms with van der Waals surface area (Å²) in [6.07, 6.45) is 3.17. The Morgan fingerprint density at radius 2 is 2.12 bits per heavy atom. The third kappa shape index (κ3) is 3.92. The standard InChI is InChI=1S/C9H12Cl2N4O/c10-7-8(11)13-5-14-9(7)15-6(16)3-1-2-4-12/h5H,1-4,12H2,(H,13,14,15,16). The molecule has 1 aromatic heterocycles. The molecule has 7 heteroatoms. The van der Waals surface area contributed by atoms with Crippen LogP contribution in [0.5, 0.6) is 0 Å². The van der Waals surface area contributed by atoms with Crippen molar-refractivity contribution < 1.29 is 4.79 Å². The van der Waals surface area contributed by atoms with Gasteiger partial charge in [0.15, 0.2) is 11.0 Å². The fourth-order valence-corrected chi connectivity index (χ4v) is 1.34. The van der Waals surface area contributed by atoms with Crippen LogP contribution < -0.4 is 11.1 Å². The van der Waals surface area contributed by atoms with Crippen LogP contribution in [-0.4, -0.2) is 22.4 Å². The molecule has 1 rings (SSSR count). The van der Waals surface area contributed by atoms with Crippen LogP contribution in [0.1, 0.15) is 19.3 Å². The minimum Gasteiger partial charge on any atom is -0.330 e. The number of carbonyl (C=O) groups excluding carboxylic acids is 1. The first-order chi connectivity index (χ1) is 7.65. The molecule has 1 amide bonds. The third-order valence-corrected chi connectivity index (χ3v) is 2.60. The van der Waals surface area contributed by atoms with E-state index in [0.717, 1.165) is 12.8 Å². The van der Waals surface area contributed by atoms with Crippen LogP contribution in [-0.2, 0) is 4.79 Å². The maximum Gasteiger partial charge on any atom is 0.225 e. The zero-order valence-electron chi connectivity index (χ0n) is 8.54. The Kier molecular flexibility index (Phi) is 5.45. The smallest absolute Gasteiger partial charge is 0.225 e. The van der Waals surface area contributed by atoms with Gasteiger partial charge in [-0.15, -0.1) is 0 Å². The molecule has 0 aliphatic heterocycles. The second-order valence-electron chi connectivity index (χ2n) is 3.12. The van der Waals surface area contributed by atoms with Gasteiger partial charge in [-0.1, -0.05) is 23.2 Å². The molecule has 0 radical (unpaired) electrons. The average Bonchev–Trinajstić information content (AvgIpc) is 2.25. The normalized spacial score (nSPS) is 10.2. The second-order valence-corrected chi connectivity index (χ2v) is 3.86. The van der Waals surface area contributed by atoms with Crippen LogP contribution in [0.2, 0.25) is 10.2 Å². The maximum atomic E-state index is 11.4. The Morgan fingerprint density at radius 1 is 1.38 bits per heavy atom. The number of carbonyl (C=O) groups is 1. The van der Waals surface area contributed by atoms with Crippen molar-refractivity contribution >= 4 is 34.9 Å². The Morgan fingerprint density at radius 3 is 2.81 bits per heavy atom. The number of nitrogens with zero attached hydrogens (tertiary/aromatic N) is 2. The van der Waals surface area contributed by atoms with Gasteiger partial charge < -0.3 is 11.1 Å². The summed E-state index contributed by atoms with van der Waals surface area (Å²) in [5.74, 6) is 0.0736. The van der Waals surface area contributed by atoms with Gasteiger partial charge >= 0.3 is 0 Å². The van der Waals surface area contributed by atoms with E-state index in [1.165, 1.54) is 6.33 Å². The molecule has 0 aliphatic carbocycles. The van der Waals surface area contributed by atoms with Crippen molar-refractivity contribution in [3.05, 3.63) is 16.5 Å². The molecular weight excluding hydrogens is 251 g/mol. The lowest BCUT2D eigenvalue weighted by Gasteiger charge is -2.05. The molecule has 1 aromatic rings. The van der Waals surface area contributed by atoms with Crippen LogP contribution in [0.3, 0.4) is 0 Å². The van der Waals surface area contributed by atoms with Crippen molar-refractivity contribution in [3.8, 4) is 0 Å². The fourth-order valence-electron chi connectivity index (χ4n) is 1.06. The van der Waals surface area contributed by atoms with Crippen LogP contribution in [0.15, 0.2) is 6.33 Å². The van der Waals surface area contributed by atoms with Gasteiger partial charge in [-0.3, -0.25) is 4.79 Å². The van der Waals surface area contributed by atoms with E-state index in [-0.39, 0.29) is 21.9 Å². The highest BCUT2D eigenvalue weighted by molar-refractivity contribution is 6.42. The third-order valence-electron chi connectivity index (χ3n) is 1.86. The molecule has 0 bridgehead atoms. The summed E-state index contributed by atoms with van der Waals surface area (Å²) < 4.78 is 0. The van der Waals surface area contributed by atoms with Crippen molar-refractivity contribution in [1.82, 2.24) is 9.97 Å². The minimum atomic E-state index is -0.162. The number of nitrogens with one attached hydrogen (secondary N) is 1. The monoisotopic (exact) mass is 262 g/mol. The molecule has 1 heterocycles. The number of hydrogen-bond acceptors (Lipinski definition) is 4. The largest absolute Gasteiger partial charge is 0.330 e. The average molecular weight is 263 g/mol. The molecule has 0 spiro atoms. The molecule has 5 nitrogen and oxygen atoms in total. The molecule has 16 heavy (non-hydrogen) atoms. The number of aromatic nitrogens is 2. The summed E-state index contributed by atoms with van der Waals surface area (Å²) in [4.78, 5) is 18.9. The zero-order chi connectivity index (χ0) is 12.0. The minimum absolute atomic E-state index is 0.119. The highest BCUT2D eigenvalue weighted by atomic mass is 35.5. The van der Waals surface area contributed by atoms with E-state index in [2.05, 4.69) is 15.3 Å². The van der Waals surface area contributed by atoms with E-state index >= 15 is 0 Å². The second kappa shape index (κ2) is 6.62. The molecule has 0 aromatic carbocycles. The topological polar surface area (TPSA) is 80.9 Å². The van der Waals surface area contributed by atoms with Crippen molar-refractivity contribution in [2.45, 2.75) is 19.3 Å². The van der Waals surface area contributed by atoms with E-state index in [1.807, 2.05) is 0 Å². The first kappa shape index (κ1) is 13.2. The molecular formula is C9H12Cl2N4O. The number of unbranched alkanes of at least 4 members (excludes halogenated alkanes) is 1. The summed E-state index contributed by atoms with van der Waals surface area (Å²) in [6, 6.07) is 0. The van der Waals surface area contributed by atoms with Crippen molar-refractivity contribution in [3.63, 3.8) is 0 Å². The van der Waals surface area contributed by atoms with Gasteiger partial charge in [-0.25, -0.2) is 9.97 Å². The molecule has 88 valence electrons. The SMILES string of the molecule is NCCCCC(=O)Nc1ncnc(Cl)c1Cl. The molecule has 3 N–H and O–H groups in total. The van der Waals surface area contributed by atoms with Gasteiger partial charge in [0.05, 0.1) is 0 Å². The van der Waals surface area contributed by atoms with Gasteiger partial charge in [-0.2, -0.15) is 0 Å². The Hall–Kier alpha value is -0.910. The lowest BCUT2D eigenvalue weighted by atomic mass is 10.2. The zero-order valence-corrected chi connectivity index (χ0v) is 10.1. The number of nitrogens with two attached hydrogens (primary N) is 1. The lowest BCUT2D eigenvalue weighted by molar-refractivity contribution is -0.116. The van der Waals surface area contributed by atoms with Gasteiger partial charge in [0.2, 0.25) is 5.91 Å². The first-order valence-corrected chi connectivity index (χ1v) is 5.56. The van der Waals surface area contributed by atoms with Gasteiger partial charge in [0.25, 0.3) is 0 Å². The summed E-state index contributed by atoms with van der Waals surface area (Å²) in [6.45, 7) is 0.577. The van der Waals surface area contributed by atoms with E-state index < -0.39 is 0 Å². The van der Waals surface area contributed by atoms with Crippen molar-refractivity contribution in [1.29, 1.82) is 0 Å². The molecule has 0 fully saturated rings. The van der Waals surface area contributed by atoms with Crippen molar-refractivity contribution in [2.75, 3.05) is 11.9 Å². The van der Waals surface area contributed by atoms with Crippen LogP contribution >= 0.6 is 23.2 Å². The number of amides is 1. The number of halogens is 2. The van der Waals surface area contributed by atoms with Crippen molar-refractivity contribution in [2.24, 2.45) is 5.73 Å². The van der Waals surface area contributed by atoms with E-state index in [0.29, 0.717) is 13.0 Å². The van der Waals surface area contributed by atoms with E-state index in [4.69, 9.17) is 28.9 Å². The van der Waals surface area contributed by atoms with Gasteiger partial charge in [0, 0.05) is 6.42 Å². The molecule has 0 aliphatic rings. The first-order valence-electron chi connectivity index (χ1n) is 4.81. The summed E-state index contributed by atoms with van der Waals surface area (Å²) in [5.41, 5.74) is 5.32. The van der Waals surface area contributed by atoms with Crippen LogP contribution in [0.25, 0.3) is 0 Å². The van der Waals surface area contributed by atoms with Crippen LogP contribution in [0, 0.1) is 0 Å². The number of hydrogen-bond donors (Lipinski definition) is 2. The van der Waals surface area contributed by atoms with E-state index in [1.54, 1.807) is 0 Å². The van der Waals surface area contributed by atoms with Gasteiger partial charge in [-0.05, 0) is 19.4 Å². The van der Waals surface area contributed by atoms with E-state index in [9.17, 15) is 4.79 Å². The Labute approximate surface area is 103 Å². The lowest BCUT2D eigenvalue weighted by Crippen LogP contribution is -2.13. The molecule has 0 unspecified atom stereocenters. The molecule has 0 saturated heterocycles. The number of rotatable bonds is 5. The summed E-state index contributed by atoms with van der Waals surface area (Å²) in [5, 5.41) is 2.83.